The van der Waals surface area contributed by atoms with E-state index in [1.807, 2.05) is 59.1 Å². The average molecular weight is 280 g/mol. The predicted octanol–water partition coefficient (Wildman–Crippen LogP) is 4.20. The molecule has 0 saturated carbocycles. The second-order valence-corrected chi connectivity index (χ2v) is 5.06. The molecule has 0 bridgehead atoms. The molecule has 4 heteroatoms. The van der Waals surface area contributed by atoms with Crippen LogP contribution in [0.15, 0.2) is 60.9 Å². The number of benzene rings is 2. The Morgan fingerprint density at radius 2 is 1.70 bits per heavy atom. The van der Waals surface area contributed by atoms with Crippen molar-refractivity contribution in [3.8, 4) is 11.1 Å². The smallest absolute Gasteiger partial charge is 0.234 e. The molecule has 2 aromatic carbocycles. The van der Waals surface area contributed by atoms with Crippen LogP contribution >= 0.6 is 11.6 Å². The first-order valence-corrected chi connectivity index (χ1v) is 6.68. The molecule has 0 aliphatic rings. The van der Waals surface area contributed by atoms with Gasteiger partial charge in [-0.1, -0.05) is 35.9 Å². The third kappa shape index (κ3) is 1.75. The van der Waals surface area contributed by atoms with Crippen molar-refractivity contribution in [3.63, 3.8) is 0 Å². The molecule has 20 heavy (non-hydrogen) atoms. The van der Waals surface area contributed by atoms with Crippen LogP contribution in [0.2, 0.25) is 5.02 Å². The first-order valence-electron chi connectivity index (χ1n) is 6.30. The topological polar surface area (TPSA) is 30.2 Å². The highest BCUT2D eigenvalue weighted by Gasteiger charge is 2.06. The molecule has 2 aromatic heterocycles. The SMILES string of the molecule is Clc1ccc(-c2cnc3nc4ccccc4n3c2)cc1. The van der Waals surface area contributed by atoms with Gasteiger partial charge in [0, 0.05) is 23.0 Å². The van der Waals surface area contributed by atoms with Gasteiger partial charge < -0.3 is 0 Å². The van der Waals surface area contributed by atoms with E-state index in [1.54, 1.807) is 0 Å². The Morgan fingerprint density at radius 3 is 2.55 bits per heavy atom. The highest BCUT2D eigenvalue weighted by molar-refractivity contribution is 6.30. The molecule has 4 rings (SSSR count). The van der Waals surface area contributed by atoms with Gasteiger partial charge >= 0.3 is 0 Å². The number of halogens is 1. The largest absolute Gasteiger partial charge is 0.283 e. The van der Waals surface area contributed by atoms with Crippen molar-refractivity contribution < 1.29 is 0 Å². The molecule has 0 atom stereocenters. The second-order valence-electron chi connectivity index (χ2n) is 4.62. The standard InChI is InChI=1S/C16H10ClN3/c17-13-7-5-11(6-8-13)12-9-18-16-19-14-3-1-2-4-15(14)20(16)10-12/h1-10H. The summed E-state index contributed by atoms with van der Waals surface area (Å²) in [5.74, 6) is 0.712. The van der Waals surface area contributed by atoms with E-state index in [1.165, 1.54) is 0 Å². The fraction of sp³-hybridized carbons (Fsp3) is 0. The van der Waals surface area contributed by atoms with Crippen LogP contribution in [-0.4, -0.2) is 14.4 Å². The van der Waals surface area contributed by atoms with Crippen molar-refractivity contribution in [1.82, 2.24) is 14.4 Å². The lowest BCUT2D eigenvalue weighted by Crippen LogP contribution is -1.90. The summed E-state index contributed by atoms with van der Waals surface area (Å²) in [4.78, 5) is 8.93. The van der Waals surface area contributed by atoms with Crippen molar-refractivity contribution in [1.29, 1.82) is 0 Å². The van der Waals surface area contributed by atoms with E-state index in [-0.39, 0.29) is 0 Å². The number of para-hydroxylation sites is 2. The third-order valence-electron chi connectivity index (χ3n) is 3.34. The second kappa shape index (κ2) is 4.32. The molecule has 0 aliphatic carbocycles. The van der Waals surface area contributed by atoms with Gasteiger partial charge in [0.25, 0.3) is 0 Å². The Bertz CT molecular complexity index is 910. The number of hydrogen-bond donors (Lipinski definition) is 0. The predicted molar refractivity (Wildman–Crippen MR) is 80.9 cm³/mol. The minimum absolute atomic E-state index is 0.712. The van der Waals surface area contributed by atoms with Crippen LogP contribution in [-0.2, 0) is 0 Å². The van der Waals surface area contributed by atoms with E-state index in [4.69, 9.17) is 11.6 Å². The monoisotopic (exact) mass is 279 g/mol. The fourth-order valence-corrected chi connectivity index (χ4v) is 2.47. The van der Waals surface area contributed by atoms with E-state index in [0.29, 0.717) is 5.78 Å². The highest BCUT2D eigenvalue weighted by atomic mass is 35.5. The molecule has 96 valence electrons. The van der Waals surface area contributed by atoms with E-state index >= 15 is 0 Å². The average Bonchev–Trinajstić information content (AvgIpc) is 2.86. The number of nitrogens with zero attached hydrogens (tertiary/aromatic N) is 3. The number of rotatable bonds is 1. The van der Waals surface area contributed by atoms with Gasteiger partial charge in [-0.2, -0.15) is 0 Å². The maximum Gasteiger partial charge on any atom is 0.234 e. The zero-order valence-electron chi connectivity index (χ0n) is 10.5. The molecule has 3 nitrogen and oxygen atoms in total. The normalized spacial score (nSPS) is 11.2. The molecule has 0 N–H and O–H groups in total. The number of hydrogen-bond acceptors (Lipinski definition) is 2. The summed E-state index contributed by atoms with van der Waals surface area (Å²) in [6.45, 7) is 0. The van der Waals surface area contributed by atoms with E-state index in [0.717, 1.165) is 27.2 Å². The van der Waals surface area contributed by atoms with Crippen LogP contribution in [0.1, 0.15) is 0 Å². The van der Waals surface area contributed by atoms with E-state index in [2.05, 4.69) is 16.2 Å². The van der Waals surface area contributed by atoms with Gasteiger partial charge in [-0.15, -0.1) is 0 Å². The summed E-state index contributed by atoms with van der Waals surface area (Å²) in [6, 6.07) is 15.8. The summed E-state index contributed by atoms with van der Waals surface area (Å²) in [7, 11) is 0. The Balaban J connectivity index is 1.97. The van der Waals surface area contributed by atoms with Gasteiger partial charge in [-0.25, -0.2) is 9.97 Å². The molecule has 0 unspecified atom stereocenters. The number of fused-ring (bicyclic) bond motifs is 3. The van der Waals surface area contributed by atoms with Crippen molar-refractivity contribution in [2.45, 2.75) is 0 Å². The Morgan fingerprint density at radius 1 is 0.900 bits per heavy atom. The number of imidazole rings is 1. The maximum atomic E-state index is 5.92. The first-order chi connectivity index (χ1) is 9.81. The van der Waals surface area contributed by atoms with E-state index < -0.39 is 0 Å². The van der Waals surface area contributed by atoms with Crippen molar-refractivity contribution in [3.05, 3.63) is 65.9 Å². The van der Waals surface area contributed by atoms with Gasteiger partial charge in [-0.3, -0.25) is 4.40 Å². The Hall–Kier alpha value is -2.39. The molecule has 4 aromatic rings. The van der Waals surface area contributed by atoms with Crippen LogP contribution in [0.25, 0.3) is 27.9 Å². The molecule has 0 amide bonds. The van der Waals surface area contributed by atoms with Gasteiger partial charge in [0.2, 0.25) is 5.78 Å². The molecule has 0 spiro atoms. The van der Waals surface area contributed by atoms with Crippen LogP contribution < -0.4 is 0 Å². The zero-order valence-corrected chi connectivity index (χ0v) is 11.2. The maximum absolute atomic E-state index is 5.92. The van der Waals surface area contributed by atoms with Crippen molar-refractivity contribution in [2.24, 2.45) is 0 Å². The fourth-order valence-electron chi connectivity index (χ4n) is 2.34. The summed E-state index contributed by atoms with van der Waals surface area (Å²) >= 11 is 5.92. The lowest BCUT2D eigenvalue weighted by atomic mass is 10.1. The van der Waals surface area contributed by atoms with Crippen molar-refractivity contribution >= 4 is 28.4 Å². The summed E-state index contributed by atoms with van der Waals surface area (Å²) in [6.07, 6.45) is 3.89. The number of aromatic nitrogens is 3. The molecule has 0 radical (unpaired) electrons. The van der Waals surface area contributed by atoms with Gasteiger partial charge in [0.05, 0.1) is 11.0 Å². The molecule has 2 heterocycles. The van der Waals surface area contributed by atoms with Gasteiger partial charge in [0.1, 0.15) is 0 Å². The van der Waals surface area contributed by atoms with Crippen molar-refractivity contribution in [2.75, 3.05) is 0 Å². The quantitative estimate of drug-likeness (QED) is 0.523. The lowest BCUT2D eigenvalue weighted by Gasteiger charge is -2.02. The molecule has 0 aliphatic heterocycles. The summed E-state index contributed by atoms with van der Waals surface area (Å²) in [5, 5.41) is 0.732. The minimum atomic E-state index is 0.712. The Kier molecular flexibility index (Phi) is 2.47. The minimum Gasteiger partial charge on any atom is -0.283 e. The molecular formula is C16H10ClN3. The van der Waals surface area contributed by atoms with Crippen LogP contribution in [0, 0.1) is 0 Å². The van der Waals surface area contributed by atoms with E-state index in [9.17, 15) is 0 Å². The summed E-state index contributed by atoms with van der Waals surface area (Å²) < 4.78 is 2.01. The van der Waals surface area contributed by atoms with Gasteiger partial charge in [-0.05, 0) is 29.8 Å². The van der Waals surface area contributed by atoms with Crippen LogP contribution in [0.4, 0.5) is 0 Å². The zero-order chi connectivity index (χ0) is 13.5. The van der Waals surface area contributed by atoms with Gasteiger partial charge in [0.15, 0.2) is 0 Å². The van der Waals surface area contributed by atoms with Crippen LogP contribution in [0.5, 0.6) is 0 Å². The first kappa shape index (κ1) is 11.4. The molecular weight excluding hydrogens is 270 g/mol. The van der Waals surface area contributed by atoms with Crippen LogP contribution in [0.3, 0.4) is 0 Å². The highest BCUT2D eigenvalue weighted by Crippen LogP contribution is 2.23. The third-order valence-corrected chi connectivity index (χ3v) is 3.59. The summed E-state index contributed by atoms with van der Waals surface area (Å²) in [5.41, 5.74) is 4.14. The molecule has 0 fully saturated rings. The Labute approximate surface area is 120 Å². The lowest BCUT2D eigenvalue weighted by molar-refractivity contribution is 1.14. The molecule has 0 saturated heterocycles.